The molecule has 1 amide bonds. The fourth-order valence-corrected chi connectivity index (χ4v) is 3.13. The van der Waals surface area contributed by atoms with E-state index in [0.717, 1.165) is 17.7 Å². The van der Waals surface area contributed by atoms with Crippen molar-refractivity contribution >= 4 is 22.6 Å². The van der Waals surface area contributed by atoms with Crippen LogP contribution >= 0.6 is 0 Å². The maximum absolute atomic E-state index is 12.6. The third kappa shape index (κ3) is 4.66. The molecule has 0 fully saturated rings. The van der Waals surface area contributed by atoms with Gasteiger partial charge in [0.1, 0.15) is 16.9 Å². The Morgan fingerprint density at radius 2 is 1.86 bits per heavy atom. The number of aryl methyl sites for hydroxylation is 1. The van der Waals surface area contributed by atoms with Gasteiger partial charge in [-0.15, -0.1) is 0 Å². The second-order valence-electron chi connectivity index (χ2n) is 7.15. The molecular formula is C23H26N2O4. The molecule has 29 heavy (non-hydrogen) atoms. The number of anilines is 1. The Balaban J connectivity index is 1.84. The van der Waals surface area contributed by atoms with E-state index in [2.05, 4.69) is 24.5 Å². The van der Waals surface area contributed by atoms with Crippen LogP contribution in [0.5, 0.6) is 5.75 Å². The molecule has 0 saturated heterocycles. The molecular weight excluding hydrogens is 368 g/mol. The van der Waals surface area contributed by atoms with Gasteiger partial charge in [-0.3, -0.25) is 4.79 Å². The second kappa shape index (κ2) is 8.92. The summed E-state index contributed by atoms with van der Waals surface area (Å²) in [6.07, 6.45) is 0.646. The number of hydrogen-bond acceptors (Lipinski definition) is 5. The van der Waals surface area contributed by atoms with Crippen molar-refractivity contribution < 1.29 is 13.9 Å². The minimum atomic E-state index is -0.671. The zero-order valence-corrected chi connectivity index (χ0v) is 17.2. The summed E-state index contributed by atoms with van der Waals surface area (Å²) >= 11 is 0. The van der Waals surface area contributed by atoms with Crippen LogP contribution < -0.4 is 21.0 Å². The molecule has 0 aliphatic heterocycles. The standard InChI is InChI=1S/C23H26N2O4/c1-5-18-20(28-4)11-8-16-12-19(23(27)29-21(16)18)22(26)25-17-9-6-15(7-10-17)13-24-14(2)3/h6-12,14,24H,5,13H2,1-4H3,(H,25,26). The molecule has 0 atom stereocenters. The molecule has 2 aromatic carbocycles. The number of fused-ring (bicyclic) bond motifs is 1. The lowest BCUT2D eigenvalue weighted by Gasteiger charge is -2.11. The van der Waals surface area contributed by atoms with Crippen LogP contribution in [0.1, 0.15) is 42.3 Å². The number of rotatable bonds is 7. The number of ether oxygens (including phenoxy) is 1. The Labute approximate surface area is 169 Å². The van der Waals surface area contributed by atoms with Crippen molar-refractivity contribution in [3.05, 3.63) is 69.6 Å². The van der Waals surface area contributed by atoms with E-state index >= 15 is 0 Å². The predicted molar refractivity (Wildman–Crippen MR) is 115 cm³/mol. The highest BCUT2D eigenvalue weighted by atomic mass is 16.5. The van der Waals surface area contributed by atoms with Crippen molar-refractivity contribution in [3.8, 4) is 5.75 Å². The number of carbonyl (C=O) groups excluding carboxylic acids is 1. The van der Waals surface area contributed by atoms with Gasteiger partial charge in [0.15, 0.2) is 0 Å². The summed E-state index contributed by atoms with van der Waals surface area (Å²) in [7, 11) is 1.57. The van der Waals surface area contributed by atoms with Gasteiger partial charge >= 0.3 is 5.63 Å². The molecule has 0 saturated carbocycles. The number of benzene rings is 2. The predicted octanol–water partition coefficient (Wildman–Crippen LogP) is 4.11. The van der Waals surface area contributed by atoms with Gasteiger partial charge in [0, 0.05) is 29.2 Å². The minimum absolute atomic E-state index is 0.0322. The van der Waals surface area contributed by atoms with Gasteiger partial charge < -0.3 is 19.8 Å². The van der Waals surface area contributed by atoms with Crippen molar-refractivity contribution in [2.75, 3.05) is 12.4 Å². The van der Waals surface area contributed by atoms with E-state index in [4.69, 9.17) is 9.15 Å². The first-order valence-electron chi connectivity index (χ1n) is 9.70. The lowest BCUT2D eigenvalue weighted by atomic mass is 10.1. The molecule has 3 aromatic rings. The number of hydrogen-bond donors (Lipinski definition) is 2. The Bertz CT molecular complexity index is 1070. The molecule has 2 N–H and O–H groups in total. The highest BCUT2D eigenvalue weighted by Gasteiger charge is 2.17. The zero-order chi connectivity index (χ0) is 21.0. The van der Waals surface area contributed by atoms with Crippen molar-refractivity contribution in [1.82, 2.24) is 5.32 Å². The summed E-state index contributed by atoms with van der Waals surface area (Å²) in [6.45, 7) is 6.88. The van der Waals surface area contributed by atoms with Gasteiger partial charge in [-0.25, -0.2) is 4.79 Å². The molecule has 0 spiro atoms. The van der Waals surface area contributed by atoms with E-state index in [0.29, 0.717) is 34.9 Å². The van der Waals surface area contributed by atoms with Crippen LogP contribution in [0.2, 0.25) is 0 Å². The first-order valence-corrected chi connectivity index (χ1v) is 9.70. The number of methoxy groups -OCH3 is 1. The van der Waals surface area contributed by atoms with Gasteiger partial charge in [0.2, 0.25) is 0 Å². The third-order valence-corrected chi connectivity index (χ3v) is 4.71. The van der Waals surface area contributed by atoms with Gasteiger partial charge in [0.05, 0.1) is 7.11 Å². The highest BCUT2D eigenvalue weighted by Crippen LogP contribution is 2.28. The van der Waals surface area contributed by atoms with Crippen LogP contribution in [0.15, 0.2) is 51.7 Å². The summed E-state index contributed by atoms with van der Waals surface area (Å²) in [6, 6.07) is 13.1. The molecule has 0 aliphatic carbocycles. The normalized spacial score (nSPS) is 11.1. The summed E-state index contributed by atoms with van der Waals surface area (Å²) in [5.41, 5.74) is 2.29. The largest absolute Gasteiger partial charge is 0.496 e. The first kappa shape index (κ1) is 20.6. The van der Waals surface area contributed by atoms with Crippen LogP contribution in [0.3, 0.4) is 0 Å². The molecule has 3 rings (SSSR count). The Morgan fingerprint density at radius 3 is 2.48 bits per heavy atom. The van der Waals surface area contributed by atoms with Gasteiger partial charge in [0.25, 0.3) is 5.91 Å². The molecule has 0 radical (unpaired) electrons. The monoisotopic (exact) mass is 394 g/mol. The molecule has 1 heterocycles. The SMILES string of the molecule is CCc1c(OC)ccc2cc(C(=O)Nc3ccc(CNC(C)C)cc3)c(=O)oc12. The molecule has 0 unspecified atom stereocenters. The lowest BCUT2D eigenvalue weighted by Crippen LogP contribution is -2.22. The van der Waals surface area contributed by atoms with Crippen LogP contribution in [0.4, 0.5) is 5.69 Å². The van der Waals surface area contributed by atoms with Crippen LogP contribution in [0, 0.1) is 0 Å². The summed E-state index contributed by atoms with van der Waals surface area (Å²) in [5.74, 6) is 0.162. The quantitative estimate of drug-likeness (QED) is 0.590. The number of amides is 1. The molecule has 0 aliphatic rings. The smallest absolute Gasteiger partial charge is 0.349 e. The summed E-state index contributed by atoms with van der Waals surface area (Å²) in [5, 5.41) is 6.79. The first-order chi connectivity index (χ1) is 13.9. The molecule has 1 aromatic heterocycles. The third-order valence-electron chi connectivity index (χ3n) is 4.71. The van der Waals surface area contributed by atoms with Crippen LogP contribution in [-0.2, 0) is 13.0 Å². The van der Waals surface area contributed by atoms with Crippen molar-refractivity contribution in [3.63, 3.8) is 0 Å². The van der Waals surface area contributed by atoms with Crippen molar-refractivity contribution in [2.45, 2.75) is 39.8 Å². The maximum atomic E-state index is 12.6. The molecule has 6 nitrogen and oxygen atoms in total. The number of carbonyl (C=O) groups is 1. The number of nitrogens with one attached hydrogen (secondary N) is 2. The van der Waals surface area contributed by atoms with Crippen molar-refractivity contribution in [2.24, 2.45) is 0 Å². The Morgan fingerprint density at radius 1 is 1.14 bits per heavy atom. The fourth-order valence-electron chi connectivity index (χ4n) is 3.13. The topological polar surface area (TPSA) is 80.6 Å². The van der Waals surface area contributed by atoms with Gasteiger partial charge in [-0.1, -0.05) is 32.9 Å². The van der Waals surface area contributed by atoms with Gasteiger partial charge in [-0.2, -0.15) is 0 Å². The van der Waals surface area contributed by atoms with E-state index in [9.17, 15) is 9.59 Å². The van der Waals surface area contributed by atoms with E-state index in [1.807, 2.05) is 37.3 Å². The Kier molecular flexibility index (Phi) is 6.34. The van der Waals surface area contributed by atoms with E-state index in [-0.39, 0.29) is 5.56 Å². The van der Waals surface area contributed by atoms with Crippen molar-refractivity contribution in [1.29, 1.82) is 0 Å². The van der Waals surface area contributed by atoms with E-state index in [1.54, 1.807) is 19.2 Å². The van der Waals surface area contributed by atoms with Crippen LogP contribution in [-0.4, -0.2) is 19.1 Å². The summed E-state index contributed by atoms with van der Waals surface area (Å²) < 4.78 is 10.8. The summed E-state index contributed by atoms with van der Waals surface area (Å²) in [4.78, 5) is 25.1. The second-order valence-corrected chi connectivity index (χ2v) is 7.15. The Hall–Kier alpha value is -3.12. The fraction of sp³-hybridized carbons (Fsp3) is 0.304. The van der Waals surface area contributed by atoms with Gasteiger partial charge in [-0.05, 0) is 42.3 Å². The highest BCUT2D eigenvalue weighted by molar-refractivity contribution is 6.05. The maximum Gasteiger partial charge on any atom is 0.349 e. The molecule has 152 valence electrons. The van der Waals surface area contributed by atoms with E-state index in [1.165, 1.54) is 0 Å². The average Bonchev–Trinajstić information content (AvgIpc) is 2.71. The van der Waals surface area contributed by atoms with Crippen LogP contribution in [0.25, 0.3) is 11.0 Å². The minimum Gasteiger partial charge on any atom is -0.496 e. The zero-order valence-electron chi connectivity index (χ0n) is 17.2. The average molecular weight is 394 g/mol. The molecule has 0 bridgehead atoms. The molecule has 6 heteroatoms. The lowest BCUT2D eigenvalue weighted by molar-refractivity contribution is 0.102. The van der Waals surface area contributed by atoms with E-state index < -0.39 is 11.5 Å².